The molecule has 1 unspecified atom stereocenters. The second-order valence-corrected chi connectivity index (χ2v) is 10.2. The molecule has 0 radical (unpaired) electrons. The van der Waals surface area contributed by atoms with Gasteiger partial charge in [0.25, 0.3) is 0 Å². The number of hydrogen-bond donors (Lipinski definition) is 1. The van der Waals surface area contributed by atoms with Crippen molar-refractivity contribution in [3.63, 3.8) is 0 Å². The van der Waals surface area contributed by atoms with Crippen molar-refractivity contribution in [2.75, 3.05) is 14.2 Å². The van der Waals surface area contributed by atoms with Gasteiger partial charge in [-0.3, -0.25) is 4.79 Å². The molecule has 27 heavy (non-hydrogen) atoms. The van der Waals surface area contributed by atoms with Gasteiger partial charge in [0.15, 0.2) is 11.6 Å². The van der Waals surface area contributed by atoms with Crippen LogP contribution < -0.4 is 0 Å². The largest absolute Gasteiger partial charge is 0.393 e. The van der Waals surface area contributed by atoms with Crippen molar-refractivity contribution in [2.24, 2.45) is 34.5 Å². The normalized spacial score (nSPS) is 48.2. The Hall–Kier alpha value is -0.710. The van der Waals surface area contributed by atoms with Gasteiger partial charge in [-0.1, -0.05) is 19.9 Å². The highest BCUT2D eigenvalue weighted by Gasteiger charge is 2.63. The van der Waals surface area contributed by atoms with Gasteiger partial charge in [-0.15, -0.1) is 0 Å². The molecule has 4 rings (SSSR count). The van der Waals surface area contributed by atoms with Gasteiger partial charge in [0, 0.05) is 32.5 Å². The summed E-state index contributed by atoms with van der Waals surface area (Å²) in [7, 11) is 3.51. The molecule has 152 valence electrons. The van der Waals surface area contributed by atoms with Crippen LogP contribution in [0.2, 0.25) is 0 Å². The van der Waals surface area contributed by atoms with E-state index < -0.39 is 5.79 Å². The second-order valence-electron chi connectivity index (χ2n) is 10.2. The van der Waals surface area contributed by atoms with Gasteiger partial charge in [0.05, 0.1) is 6.10 Å². The molecule has 1 N–H and O–H groups in total. The Labute approximate surface area is 163 Å². The zero-order chi connectivity index (χ0) is 19.6. The number of carbonyl (C=O) groups is 1. The van der Waals surface area contributed by atoms with Gasteiger partial charge in [0.2, 0.25) is 0 Å². The maximum atomic E-state index is 12.2. The van der Waals surface area contributed by atoms with Crippen LogP contribution in [0.5, 0.6) is 0 Å². The SMILES string of the molecule is COC1(OC)CC[C@@]2(C)[C@@H](CC[C@@H]3[C@@H]2C(O)C[C@]2(C)C(C(C)=O)=CC[C@@H]32)C1. The van der Waals surface area contributed by atoms with E-state index in [0.717, 1.165) is 44.1 Å². The standard InChI is InChI=1S/C23H36O4/c1-14(24)17-8-9-18-16-7-6-15-12-23(26-4,27-5)11-10-21(15,2)20(16)19(25)13-22(17,18)3/h8,15-16,18-20,25H,6-7,9-13H2,1-5H3/t15-,16-,18-,19?,20+,21-,22+/m0/s1. The van der Waals surface area contributed by atoms with Crippen LogP contribution >= 0.6 is 0 Å². The minimum Gasteiger partial charge on any atom is -0.393 e. The fourth-order valence-electron chi connectivity index (χ4n) is 7.89. The lowest BCUT2D eigenvalue weighted by Gasteiger charge is -2.63. The predicted molar refractivity (Wildman–Crippen MR) is 104 cm³/mol. The number of rotatable bonds is 3. The zero-order valence-corrected chi connectivity index (χ0v) is 17.6. The lowest BCUT2D eigenvalue weighted by molar-refractivity contribution is -0.267. The quantitative estimate of drug-likeness (QED) is 0.753. The molecule has 7 atom stereocenters. The van der Waals surface area contributed by atoms with Crippen LogP contribution in [0.15, 0.2) is 11.6 Å². The number of ether oxygens (including phenoxy) is 2. The maximum Gasteiger partial charge on any atom is 0.167 e. The summed E-state index contributed by atoms with van der Waals surface area (Å²) >= 11 is 0. The molecule has 0 aromatic carbocycles. The third kappa shape index (κ3) is 2.63. The third-order valence-electron chi connectivity index (χ3n) is 9.30. The molecular weight excluding hydrogens is 340 g/mol. The Morgan fingerprint density at radius 3 is 2.48 bits per heavy atom. The number of hydrogen-bond acceptors (Lipinski definition) is 4. The van der Waals surface area contributed by atoms with Gasteiger partial charge in [-0.05, 0) is 73.7 Å². The molecule has 0 aromatic heterocycles. The molecule has 0 amide bonds. The van der Waals surface area contributed by atoms with Gasteiger partial charge in [-0.25, -0.2) is 0 Å². The first-order chi connectivity index (χ1) is 12.7. The van der Waals surface area contributed by atoms with Crippen molar-refractivity contribution in [1.29, 1.82) is 0 Å². The van der Waals surface area contributed by atoms with Crippen molar-refractivity contribution >= 4 is 5.78 Å². The number of aliphatic hydroxyl groups excluding tert-OH is 1. The number of Topliss-reactive ketones (excluding diaryl/α,β-unsaturated/α-hetero) is 1. The smallest absolute Gasteiger partial charge is 0.167 e. The zero-order valence-electron chi connectivity index (χ0n) is 17.6. The van der Waals surface area contributed by atoms with Crippen LogP contribution in [-0.2, 0) is 14.3 Å². The maximum absolute atomic E-state index is 12.2. The molecule has 0 aliphatic heterocycles. The van der Waals surface area contributed by atoms with Gasteiger partial charge >= 0.3 is 0 Å². The molecule has 4 nitrogen and oxygen atoms in total. The van der Waals surface area contributed by atoms with E-state index in [1.165, 1.54) is 6.42 Å². The van der Waals surface area contributed by atoms with Crippen LogP contribution in [-0.4, -0.2) is 37.0 Å². The molecule has 0 spiro atoms. The number of methoxy groups -OCH3 is 2. The summed E-state index contributed by atoms with van der Waals surface area (Å²) in [4.78, 5) is 12.2. The van der Waals surface area contributed by atoms with Gasteiger partial charge in [0.1, 0.15) is 0 Å². The molecule has 0 bridgehead atoms. The highest BCUT2D eigenvalue weighted by molar-refractivity contribution is 5.95. The van der Waals surface area contributed by atoms with E-state index in [-0.39, 0.29) is 22.7 Å². The summed E-state index contributed by atoms with van der Waals surface area (Å²) in [5.41, 5.74) is 0.953. The fraction of sp³-hybridized carbons (Fsp3) is 0.870. The Kier molecular flexibility index (Phi) is 4.64. The molecule has 0 heterocycles. The van der Waals surface area contributed by atoms with Crippen molar-refractivity contribution in [3.8, 4) is 0 Å². The Balaban J connectivity index is 1.64. The number of ketones is 1. The van der Waals surface area contributed by atoms with Crippen molar-refractivity contribution in [3.05, 3.63) is 11.6 Å². The second kappa shape index (κ2) is 6.40. The monoisotopic (exact) mass is 376 g/mol. The number of aliphatic hydroxyl groups is 1. The number of fused-ring (bicyclic) bond motifs is 5. The summed E-state index contributed by atoms with van der Waals surface area (Å²) < 4.78 is 11.6. The van der Waals surface area contributed by atoms with E-state index in [4.69, 9.17) is 9.47 Å². The molecule has 0 saturated heterocycles. The van der Waals surface area contributed by atoms with E-state index >= 15 is 0 Å². The molecule has 4 heteroatoms. The first kappa shape index (κ1) is 19.6. The summed E-state index contributed by atoms with van der Waals surface area (Å²) in [6.45, 7) is 6.32. The summed E-state index contributed by atoms with van der Waals surface area (Å²) in [5, 5.41) is 11.4. The summed E-state index contributed by atoms with van der Waals surface area (Å²) in [6.07, 6.45) is 8.74. The molecule has 3 saturated carbocycles. The molecular formula is C23H36O4. The average molecular weight is 377 g/mol. The lowest BCUT2D eigenvalue weighted by Crippen LogP contribution is -2.60. The molecule has 3 fully saturated rings. The molecule has 0 aromatic rings. The van der Waals surface area contributed by atoms with E-state index in [2.05, 4.69) is 19.9 Å². The molecule has 4 aliphatic carbocycles. The predicted octanol–water partition coefficient (Wildman–Crippen LogP) is 4.11. The lowest BCUT2D eigenvalue weighted by atomic mass is 9.43. The van der Waals surface area contributed by atoms with Crippen molar-refractivity contribution < 1.29 is 19.4 Å². The van der Waals surface area contributed by atoms with Crippen LogP contribution in [0.1, 0.15) is 65.7 Å². The van der Waals surface area contributed by atoms with Crippen molar-refractivity contribution in [2.45, 2.75) is 77.6 Å². The van der Waals surface area contributed by atoms with E-state index in [0.29, 0.717) is 23.7 Å². The summed E-state index contributed by atoms with van der Waals surface area (Å²) in [5.74, 6) is 1.58. The van der Waals surface area contributed by atoms with Crippen LogP contribution in [0, 0.1) is 34.5 Å². The van der Waals surface area contributed by atoms with E-state index in [1.807, 2.05) is 0 Å². The molecule has 4 aliphatic rings. The average Bonchev–Trinajstić information content (AvgIpc) is 2.97. The minimum absolute atomic E-state index is 0.128. The summed E-state index contributed by atoms with van der Waals surface area (Å²) in [6, 6.07) is 0. The van der Waals surface area contributed by atoms with Crippen LogP contribution in [0.4, 0.5) is 0 Å². The van der Waals surface area contributed by atoms with E-state index in [1.54, 1.807) is 21.1 Å². The Morgan fingerprint density at radius 2 is 1.85 bits per heavy atom. The number of allylic oxidation sites excluding steroid dienone is 2. The highest BCUT2D eigenvalue weighted by atomic mass is 16.7. The van der Waals surface area contributed by atoms with Crippen LogP contribution in [0.3, 0.4) is 0 Å². The Bertz CT molecular complexity index is 651. The first-order valence-electron chi connectivity index (χ1n) is 10.7. The fourth-order valence-corrected chi connectivity index (χ4v) is 7.89. The van der Waals surface area contributed by atoms with Crippen LogP contribution in [0.25, 0.3) is 0 Å². The highest BCUT2D eigenvalue weighted by Crippen LogP contribution is 2.67. The number of carbonyl (C=O) groups excluding carboxylic acids is 1. The Morgan fingerprint density at radius 1 is 1.15 bits per heavy atom. The van der Waals surface area contributed by atoms with Gasteiger partial charge < -0.3 is 14.6 Å². The topological polar surface area (TPSA) is 55.8 Å². The van der Waals surface area contributed by atoms with Crippen molar-refractivity contribution in [1.82, 2.24) is 0 Å². The van der Waals surface area contributed by atoms with Gasteiger partial charge in [-0.2, -0.15) is 0 Å². The first-order valence-corrected chi connectivity index (χ1v) is 10.7. The third-order valence-corrected chi connectivity index (χ3v) is 9.30. The minimum atomic E-state index is -0.456. The van der Waals surface area contributed by atoms with E-state index in [9.17, 15) is 9.90 Å².